The van der Waals surface area contributed by atoms with Crippen molar-refractivity contribution in [2.24, 2.45) is 5.92 Å². The van der Waals surface area contributed by atoms with Crippen molar-refractivity contribution >= 4 is 45.0 Å². The molecule has 0 aromatic heterocycles. The molecule has 1 aromatic carbocycles. The van der Waals surface area contributed by atoms with E-state index in [9.17, 15) is 0 Å². The Morgan fingerprint density at radius 3 is 3.07 bits per heavy atom. The van der Waals surface area contributed by atoms with Crippen LogP contribution in [-0.4, -0.2) is 18.1 Å². The Hall–Kier alpha value is 0.140. The van der Waals surface area contributed by atoms with Crippen LogP contribution in [0.3, 0.4) is 0 Å². The zero-order valence-electron chi connectivity index (χ0n) is 8.30. The van der Waals surface area contributed by atoms with Crippen LogP contribution in [-0.2, 0) is 0 Å². The fourth-order valence-corrected chi connectivity index (χ4v) is 3.66. The summed E-state index contributed by atoms with van der Waals surface area (Å²) in [5.74, 6) is 3.39. The number of rotatable bonds is 3. The Morgan fingerprint density at radius 1 is 1.53 bits per heavy atom. The van der Waals surface area contributed by atoms with Gasteiger partial charge in [-0.15, -0.1) is 0 Å². The predicted molar refractivity (Wildman–Crippen MR) is 73.1 cm³/mol. The van der Waals surface area contributed by atoms with Crippen molar-refractivity contribution in [2.45, 2.75) is 6.42 Å². The molecule has 0 saturated carbocycles. The second-order valence-corrected chi connectivity index (χ2v) is 6.21. The molecule has 1 aromatic rings. The van der Waals surface area contributed by atoms with Gasteiger partial charge in [0.25, 0.3) is 0 Å². The minimum absolute atomic E-state index is 0.787. The van der Waals surface area contributed by atoms with Crippen molar-refractivity contribution in [3.8, 4) is 0 Å². The summed E-state index contributed by atoms with van der Waals surface area (Å²) in [5.41, 5.74) is 1.04. The van der Waals surface area contributed by atoms with E-state index in [-0.39, 0.29) is 0 Å². The van der Waals surface area contributed by atoms with Gasteiger partial charge in [-0.05, 0) is 42.0 Å². The molecular weight excluding hydrogens is 294 g/mol. The SMILES string of the molecule is Clc1cc(Br)ccc1NCC1CCSC1. The normalized spacial score (nSPS) is 20.5. The van der Waals surface area contributed by atoms with Gasteiger partial charge in [-0.2, -0.15) is 11.8 Å². The van der Waals surface area contributed by atoms with Gasteiger partial charge in [0, 0.05) is 11.0 Å². The zero-order chi connectivity index (χ0) is 10.7. The first-order valence-electron chi connectivity index (χ1n) is 5.02. The molecular formula is C11H13BrClNS. The lowest BCUT2D eigenvalue weighted by Gasteiger charge is -2.12. The van der Waals surface area contributed by atoms with E-state index in [1.165, 1.54) is 17.9 Å². The van der Waals surface area contributed by atoms with Crippen LogP contribution in [0, 0.1) is 5.92 Å². The van der Waals surface area contributed by atoms with Gasteiger partial charge in [-0.1, -0.05) is 27.5 Å². The molecule has 1 fully saturated rings. The molecule has 0 spiro atoms. The maximum atomic E-state index is 6.12. The minimum atomic E-state index is 0.787. The Morgan fingerprint density at radius 2 is 2.40 bits per heavy atom. The lowest BCUT2D eigenvalue weighted by molar-refractivity contribution is 0.632. The molecule has 0 radical (unpaired) electrons. The summed E-state index contributed by atoms with van der Waals surface area (Å²) >= 11 is 11.6. The van der Waals surface area contributed by atoms with Crippen molar-refractivity contribution in [3.05, 3.63) is 27.7 Å². The van der Waals surface area contributed by atoms with Crippen LogP contribution >= 0.6 is 39.3 Å². The highest BCUT2D eigenvalue weighted by Crippen LogP contribution is 2.28. The van der Waals surface area contributed by atoms with Gasteiger partial charge in [-0.25, -0.2) is 0 Å². The molecule has 1 aliphatic heterocycles. The van der Waals surface area contributed by atoms with Crippen LogP contribution < -0.4 is 5.32 Å². The van der Waals surface area contributed by atoms with E-state index in [4.69, 9.17) is 11.6 Å². The Labute approximate surface area is 108 Å². The molecule has 0 bridgehead atoms. The summed E-state index contributed by atoms with van der Waals surface area (Å²) in [6, 6.07) is 5.96. The molecule has 1 unspecified atom stereocenters. The van der Waals surface area contributed by atoms with Crippen LogP contribution in [0.15, 0.2) is 22.7 Å². The second-order valence-electron chi connectivity index (χ2n) is 3.73. The van der Waals surface area contributed by atoms with E-state index >= 15 is 0 Å². The molecule has 1 saturated heterocycles. The van der Waals surface area contributed by atoms with Gasteiger partial charge in [0.1, 0.15) is 0 Å². The summed E-state index contributed by atoms with van der Waals surface area (Å²) < 4.78 is 1.02. The second kappa shape index (κ2) is 5.46. The fourth-order valence-electron chi connectivity index (χ4n) is 1.63. The standard InChI is InChI=1S/C11H13BrClNS/c12-9-1-2-11(10(13)5-9)14-6-8-3-4-15-7-8/h1-2,5,8,14H,3-4,6-7H2. The largest absolute Gasteiger partial charge is 0.384 e. The van der Waals surface area contributed by atoms with E-state index in [1.807, 2.05) is 30.0 Å². The molecule has 1 aliphatic rings. The van der Waals surface area contributed by atoms with Gasteiger partial charge >= 0.3 is 0 Å². The fraction of sp³-hybridized carbons (Fsp3) is 0.455. The van der Waals surface area contributed by atoms with Crippen LogP contribution in [0.25, 0.3) is 0 Å². The van der Waals surface area contributed by atoms with Crippen LogP contribution in [0.2, 0.25) is 5.02 Å². The first-order chi connectivity index (χ1) is 7.25. The van der Waals surface area contributed by atoms with E-state index in [1.54, 1.807) is 0 Å². The van der Waals surface area contributed by atoms with E-state index in [0.29, 0.717) is 0 Å². The molecule has 1 nitrogen and oxygen atoms in total. The first kappa shape index (κ1) is 11.6. The van der Waals surface area contributed by atoms with Gasteiger partial charge < -0.3 is 5.32 Å². The third kappa shape index (κ3) is 3.30. The zero-order valence-corrected chi connectivity index (χ0v) is 11.5. The Bertz CT molecular complexity index is 339. The number of thioether (sulfide) groups is 1. The summed E-state index contributed by atoms with van der Waals surface area (Å²) in [7, 11) is 0. The van der Waals surface area contributed by atoms with Crippen LogP contribution in [0.1, 0.15) is 6.42 Å². The predicted octanol–water partition coefficient (Wildman–Crippen LogP) is 4.27. The van der Waals surface area contributed by atoms with Crippen molar-refractivity contribution in [1.82, 2.24) is 0 Å². The average Bonchev–Trinajstić information content (AvgIpc) is 2.69. The Kier molecular flexibility index (Phi) is 4.23. The highest BCUT2D eigenvalue weighted by atomic mass is 79.9. The van der Waals surface area contributed by atoms with Gasteiger partial charge in [0.2, 0.25) is 0 Å². The van der Waals surface area contributed by atoms with Crippen LogP contribution in [0.5, 0.6) is 0 Å². The average molecular weight is 307 g/mol. The number of hydrogen-bond donors (Lipinski definition) is 1. The summed E-state index contributed by atoms with van der Waals surface area (Å²) in [6.45, 7) is 1.04. The monoisotopic (exact) mass is 305 g/mol. The maximum absolute atomic E-state index is 6.12. The summed E-state index contributed by atoms with van der Waals surface area (Å²) in [4.78, 5) is 0. The number of nitrogens with one attached hydrogen (secondary N) is 1. The quantitative estimate of drug-likeness (QED) is 0.895. The topological polar surface area (TPSA) is 12.0 Å². The van der Waals surface area contributed by atoms with Gasteiger partial charge in [-0.3, -0.25) is 0 Å². The minimum Gasteiger partial charge on any atom is -0.384 e. The summed E-state index contributed by atoms with van der Waals surface area (Å²) in [5, 5.41) is 4.20. The first-order valence-corrected chi connectivity index (χ1v) is 7.35. The molecule has 1 atom stereocenters. The maximum Gasteiger partial charge on any atom is 0.0648 e. The van der Waals surface area contributed by atoms with Crippen LogP contribution in [0.4, 0.5) is 5.69 Å². The molecule has 82 valence electrons. The lowest BCUT2D eigenvalue weighted by Crippen LogP contribution is -2.13. The number of halogens is 2. The smallest absolute Gasteiger partial charge is 0.0648 e. The molecule has 4 heteroatoms. The molecule has 2 rings (SSSR count). The molecule has 1 heterocycles. The van der Waals surface area contributed by atoms with E-state index in [2.05, 4.69) is 21.2 Å². The number of anilines is 1. The number of hydrogen-bond acceptors (Lipinski definition) is 2. The van der Waals surface area contributed by atoms with Gasteiger partial charge in [0.15, 0.2) is 0 Å². The lowest BCUT2D eigenvalue weighted by atomic mass is 10.1. The molecule has 15 heavy (non-hydrogen) atoms. The Balaban J connectivity index is 1.92. The van der Waals surface area contributed by atoms with Gasteiger partial charge in [0.05, 0.1) is 10.7 Å². The summed E-state index contributed by atoms with van der Waals surface area (Å²) in [6.07, 6.45) is 1.33. The van der Waals surface area contributed by atoms with E-state index < -0.39 is 0 Å². The van der Waals surface area contributed by atoms with Crippen molar-refractivity contribution in [2.75, 3.05) is 23.4 Å². The molecule has 1 N–H and O–H groups in total. The van der Waals surface area contributed by atoms with E-state index in [0.717, 1.165) is 27.6 Å². The molecule has 0 amide bonds. The number of benzene rings is 1. The molecule has 0 aliphatic carbocycles. The third-order valence-corrected chi connectivity index (χ3v) is 4.57. The van der Waals surface area contributed by atoms with Crippen molar-refractivity contribution < 1.29 is 0 Å². The van der Waals surface area contributed by atoms with Crippen molar-refractivity contribution in [3.63, 3.8) is 0 Å². The van der Waals surface area contributed by atoms with Crippen molar-refractivity contribution in [1.29, 1.82) is 0 Å². The third-order valence-electron chi connectivity index (χ3n) is 2.54. The highest BCUT2D eigenvalue weighted by Gasteiger charge is 2.15. The highest BCUT2D eigenvalue weighted by molar-refractivity contribution is 9.10.